The molecule has 4 aromatic carbocycles. The van der Waals surface area contributed by atoms with Crippen LogP contribution in [0.15, 0.2) is 0 Å². The summed E-state index contributed by atoms with van der Waals surface area (Å²) in [7, 11) is 0. The monoisotopic (exact) mass is 968 g/mol. The second-order valence-electron chi connectivity index (χ2n) is 11.9. The number of alkyl halides is 4. The Morgan fingerprint density at radius 1 is 0.250 bits per heavy atom. The van der Waals surface area contributed by atoms with E-state index in [9.17, 15) is 105 Å². The Bertz CT molecular complexity index is 2170. The van der Waals surface area contributed by atoms with Crippen LogP contribution in [-0.4, -0.2) is 38.3 Å². The third-order valence-electron chi connectivity index (χ3n) is 7.76. The molecule has 64 heavy (non-hydrogen) atoms. The van der Waals surface area contributed by atoms with E-state index in [-0.39, 0.29) is 0 Å². The Kier molecular flexibility index (Phi) is 17.8. The minimum atomic E-state index is -5.26. The molecule has 0 aromatic heterocycles. The zero-order chi connectivity index (χ0) is 48.8. The maximum Gasteiger partial charge on any atom is 0.335 e. The van der Waals surface area contributed by atoms with Gasteiger partial charge in [-0.25, -0.2) is 87.8 Å². The number of halogens is 24. The molecule has 0 aliphatic carbocycles. The highest BCUT2D eigenvalue weighted by molar-refractivity contribution is 5.26. The molecule has 352 valence electrons. The van der Waals surface area contributed by atoms with Crippen LogP contribution < -0.4 is 0 Å². The van der Waals surface area contributed by atoms with Crippen LogP contribution in [0.25, 0.3) is 0 Å². The van der Waals surface area contributed by atoms with Gasteiger partial charge in [0.25, 0.3) is 0 Å². The summed E-state index contributed by atoms with van der Waals surface area (Å²) in [6.45, 7) is -11.4. The average molecular weight is 968 g/mol. The van der Waals surface area contributed by atoms with E-state index in [0.717, 1.165) is 0 Å². The Hall–Kier alpha value is -5.40. The van der Waals surface area contributed by atoms with Crippen LogP contribution in [0.3, 0.4) is 0 Å². The molecule has 4 nitrogen and oxygen atoms in total. The fraction of sp³-hybridized carbons (Fsp3) is 0.278. The quantitative estimate of drug-likeness (QED) is 0.0391. The number of rotatable bonds is 15. The van der Waals surface area contributed by atoms with Gasteiger partial charge in [0.15, 0.2) is 93.1 Å². The number of hydrogen-bond acceptors (Lipinski definition) is 4. The molecule has 0 heterocycles. The first-order valence-electron chi connectivity index (χ1n) is 16.2. The molecule has 0 spiro atoms. The largest absolute Gasteiger partial charge is 0.370 e. The lowest BCUT2D eigenvalue weighted by Crippen LogP contribution is -2.47. The average Bonchev–Trinajstić information content (AvgIpc) is 3.26. The first kappa shape index (κ1) is 52.9. The van der Waals surface area contributed by atoms with Crippen LogP contribution in [0.5, 0.6) is 0 Å². The van der Waals surface area contributed by atoms with Crippen LogP contribution in [0.2, 0.25) is 0 Å². The van der Waals surface area contributed by atoms with Gasteiger partial charge in [-0.05, 0) is 0 Å². The van der Waals surface area contributed by atoms with Crippen molar-refractivity contribution in [3.63, 3.8) is 0 Å². The van der Waals surface area contributed by atoms with Gasteiger partial charge in [0, 0.05) is 0 Å². The van der Waals surface area contributed by atoms with Crippen LogP contribution in [0.1, 0.15) is 22.3 Å². The lowest BCUT2D eigenvalue weighted by atomic mass is 10.1. The van der Waals surface area contributed by atoms with Crippen molar-refractivity contribution in [1.82, 2.24) is 0 Å². The lowest BCUT2D eigenvalue weighted by molar-refractivity contribution is -0.254. The van der Waals surface area contributed by atoms with Crippen molar-refractivity contribution >= 4 is 0 Å². The first-order chi connectivity index (χ1) is 29.6. The molecule has 0 unspecified atom stereocenters. The SMILES string of the molecule is Fc1c(F)c(F)c(COCC#CCOCc2c(F)c(F)c(F)c(F)c2F)c(F)c1F.Fc1c(F)c(F)c(COCC(F)(F)C(F)(F)COCc2c(F)c(F)c(F)c(F)c2F)c(F)c1F. The second-order valence-corrected chi connectivity index (χ2v) is 11.9. The predicted molar refractivity (Wildman–Crippen MR) is 161 cm³/mol. The maximum absolute atomic E-state index is 13.7. The highest BCUT2D eigenvalue weighted by atomic mass is 19.3. The summed E-state index contributed by atoms with van der Waals surface area (Å²) < 4.78 is 335. The third-order valence-corrected chi connectivity index (χ3v) is 7.76. The van der Waals surface area contributed by atoms with Crippen molar-refractivity contribution in [2.24, 2.45) is 0 Å². The molecule has 0 fully saturated rings. The third kappa shape index (κ3) is 11.3. The summed E-state index contributed by atoms with van der Waals surface area (Å²) in [5.41, 5.74) is -5.90. The highest BCUT2D eigenvalue weighted by Crippen LogP contribution is 2.36. The van der Waals surface area contributed by atoms with Gasteiger partial charge >= 0.3 is 11.8 Å². The molecule has 0 aliphatic rings. The lowest BCUT2D eigenvalue weighted by Gasteiger charge is -2.26. The van der Waals surface area contributed by atoms with Crippen LogP contribution in [0, 0.1) is 128 Å². The van der Waals surface area contributed by atoms with E-state index in [1.54, 1.807) is 0 Å². The highest BCUT2D eigenvalue weighted by Gasteiger charge is 2.56. The smallest absolute Gasteiger partial charge is 0.335 e. The van der Waals surface area contributed by atoms with E-state index in [1.165, 1.54) is 0 Å². The molecule has 0 saturated heterocycles. The molecular formula is C36H16F24O4. The first-order valence-corrected chi connectivity index (χ1v) is 16.2. The van der Waals surface area contributed by atoms with E-state index in [2.05, 4.69) is 30.8 Å². The molecule has 0 N–H and O–H groups in total. The molecule has 4 aromatic rings. The van der Waals surface area contributed by atoms with Gasteiger partial charge in [0.05, 0.1) is 48.7 Å². The number of ether oxygens (including phenoxy) is 4. The molecule has 28 heteroatoms. The van der Waals surface area contributed by atoms with Gasteiger partial charge in [-0.15, -0.1) is 0 Å². The molecule has 0 atom stereocenters. The molecule has 0 radical (unpaired) electrons. The van der Waals surface area contributed by atoms with Crippen molar-refractivity contribution in [1.29, 1.82) is 0 Å². The van der Waals surface area contributed by atoms with Gasteiger partial charge < -0.3 is 18.9 Å². The van der Waals surface area contributed by atoms with E-state index >= 15 is 0 Å². The van der Waals surface area contributed by atoms with Crippen molar-refractivity contribution in [2.75, 3.05) is 26.4 Å². The summed E-state index contributed by atoms with van der Waals surface area (Å²) in [5, 5.41) is 0. The van der Waals surface area contributed by atoms with Gasteiger partial charge in [0.1, 0.15) is 26.4 Å². The molecule has 0 bridgehead atoms. The second kappa shape index (κ2) is 21.5. The van der Waals surface area contributed by atoms with E-state index < -0.39 is 203 Å². The summed E-state index contributed by atoms with van der Waals surface area (Å²) >= 11 is 0. The minimum Gasteiger partial charge on any atom is -0.370 e. The van der Waals surface area contributed by atoms with Crippen molar-refractivity contribution in [2.45, 2.75) is 38.3 Å². The standard InChI is InChI=1S/C18H8F14O2.C18H8F10O2/c19-7-5(8(20)12(24)15(27)11(7)23)1-33-3-17(29,30)18(31,32)4-34-2-6-9(21)13(25)16(28)14(26)10(6)22;19-9-7(10(20)14(24)17(27)13(9)23)5-29-3-1-2-4-30-6-8-11(21)15(25)18(28)16(26)12(8)22/h1-4H2;3-6H2. The summed E-state index contributed by atoms with van der Waals surface area (Å²) in [6.07, 6.45) is 0. The van der Waals surface area contributed by atoms with Crippen molar-refractivity contribution < 1.29 is 124 Å². The fourth-order valence-electron chi connectivity index (χ4n) is 4.39. The Morgan fingerprint density at radius 3 is 0.594 bits per heavy atom. The zero-order valence-corrected chi connectivity index (χ0v) is 30.4. The van der Waals surface area contributed by atoms with Crippen LogP contribution >= 0.6 is 0 Å². The Morgan fingerprint density at radius 2 is 0.406 bits per heavy atom. The van der Waals surface area contributed by atoms with Crippen molar-refractivity contribution in [3.05, 3.63) is 139 Å². The Balaban J connectivity index is 0.000000343. The van der Waals surface area contributed by atoms with Gasteiger partial charge in [0.2, 0.25) is 23.3 Å². The molecular weight excluding hydrogens is 952 g/mol. The van der Waals surface area contributed by atoms with Gasteiger partial charge in [-0.1, -0.05) is 11.8 Å². The summed E-state index contributed by atoms with van der Waals surface area (Å²) in [6, 6.07) is 0. The zero-order valence-electron chi connectivity index (χ0n) is 30.4. The minimum absolute atomic E-state index is 0.564. The topological polar surface area (TPSA) is 36.9 Å². The summed E-state index contributed by atoms with van der Waals surface area (Å²) in [5.74, 6) is -52.4. The van der Waals surface area contributed by atoms with E-state index in [1.807, 2.05) is 0 Å². The molecule has 0 saturated carbocycles. The molecule has 0 aliphatic heterocycles. The number of benzene rings is 4. The molecule has 4 rings (SSSR count). The van der Waals surface area contributed by atoms with Crippen LogP contribution in [0.4, 0.5) is 105 Å². The fourth-order valence-corrected chi connectivity index (χ4v) is 4.39. The van der Waals surface area contributed by atoms with E-state index in [4.69, 9.17) is 0 Å². The van der Waals surface area contributed by atoms with Gasteiger partial charge in [-0.2, -0.15) is 17.6 Å². The van der Waals surface area contributed by atoms with Crippen LogP contribution in [-0.2, 0) is 45.4 Å². The normalized spacial score (nSPS) is 11.8. The maximum atomic E-state index is 13.7. The van der Waals surface area contributed by atoms with Crippen molar-refractivity contribution in [3.8, 4) is 11.8 Å². The summed E-state index contributed by atoms with van der Waals surface area (Å²) in [4.78, 5) is 0. The number of hydrogen-bond donors (Lipinski definition) is 0. The van der Waals surface area contributed by atoms with Gasteiger partial charge in [-0.3, -0.25) is 0 Å². The predicted octanol–water partition coefficient (Wildman–Crippen LogP) is 10.9. The molecule has 0 amide bonds. The Labute approximate surface area is 339 Å². The van der Waals surface area contributed by atoms with E-state index in [0.29, 0.717) is 0 Å².